The maximum atomic E-state index is 13.2. The number of para-hydroxylation sites is 1. The summed E-state index contributed by atoms with van der Waals surface area (Å²) in [5.74, 6) is 0. The molecule has 0 spiro atoms. The van der Waals surface area contributed by atoms with Gasteiger partial charge in [0.15, 0.2) is 0 Å². The van der Waals surface area contributed by atoms with Crippen LogP contribution in [0, 0.1) is 0 Å². The molecular formula is C22H13ClF3NS. The molecule has 1 aromatic heterocycles. The third-order valence-electron chi connectivity index (χ3n) is 4.22. The van der Waals surface area contributed by atoms with Gasteiger partial charge in [-0.05, 0) is 54.1 Å². The van der Waals surface area contributed by atoms with Gasteiger partial charge in [0.1, 0.15) is 5.03 Å². The Morgan fingerprint density at radius 1 is 0.821 bits per heavy atom. The van der Waals surface area contributed by atoms with Crippen molar-refractivity contribution in [2.24, 2.45) is 0 Å². The highest BCUT2D eigenvalue weighted by molar-refractivity contribution is 7.99. The monoisotopic (exact) mass is 415 g/mol. The van der Waals surface area contributed by atoms with Crippen molar-refractivity contribution in [2.45, 2.75) is 16.1 Å². The van der Waals surface area contributed by atoms with Crippen LogP contribution < -0.4 is 0 Å². The average molecular weight is 416 g/mol. The number of hydrogen-bond donors (Lipinski definition) is 0. The molecule has 0 fully saturated rings. The lowest BCUT2D eigenvalue weighted by Crippen LogP contribution is -2.04. The molecule has 3 aromatic carbocycles. The lowest BCUT2D eigenvalue weighted by atomic mass is 10.0. The minimum Gasteiger partial charge on any atom is -0.240 e. The molecule has 4 rings (SSSR count). The van der Waals surface area contributed by atoms with Gasteiger partial charge in [-0.1, -0.05) is 53.7 Å². The summed E-state index contributed by atoms with van der Waals surface area (Å²) in [4.78, 5) is 5.61. The molecule has 0 atom stereocenters. The fraction of sp³-hybridized carbons (Fsp3) is 0.0455. The number of alkyl halides is 3. The molecule has 0 N–H and O–H groups in total. The fourth-order valence-electron chi connectivity index (χ4n) is 2.86. The second kappa shape index (κ2) is 7.49. The number of hydrogen-bond acceptors (Lipinski definition) is 2. The van der Waals surface area contributed by atoms with Gasteiger partial charge in [-0.3, -0.25) is 0 Å². The van der Waals surface area contributed by atoms with Crippen LogP contribution in [0.4, 0.5) is 13.2 Å². The van der Waals surface area contributed by atoms with Crippen LogP contribution in [-0.4, -0.2) is 4.98 Å². The van der Waals surface area contributed by atoms with E-state index in [2.05, 4.69) is 0 Å². The van der Waals surface area contributed by atoms with Crippen molar-refractivity contribution in [1.82, 2.24) is 4.98 Å². The maximum absolute atomic E-state index is 13.2. The Kier molecular flexibility index (Phi) is 5.04. The molecule has 1 nitrogen and oxygen atoms in total. The predicted octanol–water partition coefficient (Wildman–Crippen LogP) is 7.73. The Balaban J connectivity index is 1.87. The maximum Gasteiger partial charge on any atom is 0.416 e. The van der Waals surface area contributed by atoms with E-state index in [0.29, 0.717) is 21.2 Å². The summed E-state index contributed by atoms with van der Waals surface area (Å²) in [6.45, 7) is 0. The zero-order valence-corrected chi connectivity index (χ0v) is 15.9. The number of halogens is 4. The predicted molar refractivity (Wildman–Crippen MR) is 108 cm³/mol. The number of aromatic nitrogens is 1. The average Bonchev–Trinajstić information content (AvgIpc) is 2.69. The van der Waals surface area contributed by atoms with Gasteiger partial charge < -0.3 is 0 Å². The quantitative estimate of drug-likeness (QED) is 0.339. The first kappa shape index (κ1) is 18.8. The Morgan fingerprint density at radius 2 is 1.57 bits per heavy atom. The van der Waals surface area contributed by atoms with Gasteiger partial charge in [0.05, 0.1) is 11.1 Å². The molecule has 4 aromatic rings. The molecule has 0 saturated heterocycles. The molecular weight excluding hydrogens is 403 g/mol. The Labute approximate surface area is 169 Å². The molecule has 0 aliphatic heterocycles. The van der Waals surface area contributed by atoms with E-state index in [1.165, 1.54) is 17.8 Å². The second-order valence-corrected chi connectivity index (χ2v) is 7.67. The summed E-state index contributed by atoms with van der Waals surface area (Å²) in [5.41, 5.74) is 1.24. The lowest BCUT2D eigenvalue weighted by molar-refractivity contribution is -0.137. The Bertz CT molecular complexity index is 1140. The van der Waals surface area contributed by atoms with Crippen molar-refractivity contribution in [3.05, 3.63) is 89.4 Å². The Morgan fingerprint density at radius 3 is 2.32 bits per heavy atom. The third kappa shape index (κ3) is 4.01. The SMILES string of the molecule is FC(F)(F)c1cccc(-c2cc3ccccc3nc2Sc2ccc(Cl)cc2)c1. The van der Waals surface area contributed by atoms with Gasteiger partial charge >= 0.3 is 6.18 Å². The van der Waals surface area contributed by atoms with Crippen molar-refractivity contribution >= 4 is 34.3 Å². The molecule has 0 saturated carbocycles. The molecule has 0 bridgehead atoms. The molecule has 0 amide bonds. The summed E-state index contributed by atoms with van der Waals surface area (Å²) in [7, 11) is 0. The minimum atomic E-state index is -4.40. The number of benzene rings is 3. The lowest BCUT2D eigenvalue weighted by Gasteiger charge is -2.13. The first-order chi connectivity index (χ1) is 13.4. The van der Waals surface area contributed by atoms with Crippen LogP contribution in [0.2, 0.25) is 5.02 Å². The third-order valence-corrected chi connectivity index (χ3v) is 5.48. The summed E-state index contributed by atoms with van der Waals surface area (Å²) in [5, 5.41) is 2.13. The van der Waals surface area contributed by atoms with Crippen molar-refractivity contribution in [3.8, 4) is 11.1 Å². The van der Waals surface area contributed by atoms with E-state index in [0.717, 1.165) is 27.9 Å². The van der Waals surface area contributed by atoms with E-state index in [1.807, 2.05) is 42.5 Å². The number of nitrogens with zero attached hydrogens (tertiary/aromatic N) is 1. The zero-order chi connectivity index (χ0) is 19.7. The van der Waals surface area contributed by atoms with E-state index < -0.39 is 11.7 Å². The Hall–Kier alpha value is -2.50. The van der Waals surface area contributed by atoms with Crippen LogP contribution in [0.15, 0.2) is 88.8 Å². The van der Waals surface area contributed by atoms with E-state index in [4.69, 9.17) is 16.6 Å². The summed E-state index contributed by atoms with van der Waals surface area (Å²) in [6, 6.07) is 22.0. The van der Waals surface area contributed by atoms with Crippen LogP contribution >= 0.6 is 23.4 Å². The van der Waals surface area contributed by atoms with Crippen molar-refractivity contribution < 1.29 is 13.2 Å². The van der Waals surface area contributed by atoms with E-state index >= 15 is 0 Å². The number of pyridine rings is 1. The van der Waals surface area contributed by atoms with Crippen LogP contribution in [-0.2, 0) is 6.18 Å². The molecule has 140 valence electrons. The van der Waals surface area contributed by atoms with E-state index in [-0.39, 0.29) is 0 Å². The molecule has 28 heavy (non-hydrogen) atoms. The second-order valence-electron chi connectivity index (χ2n) is 6.17. The number of fused-ring (bicyclic) bond motifs is 1. The minimum absolute atomic E-state index is 0.476. The van der Waals surface area contributed by atoms with Crippen molar-refractivity contribution in [2.75, 3.05) is 0 Å². The van der Waals surface area contributed by atoms with Crippen LogP contribution in [0.25, 0.3) is 22.0 Å². The standard InChI is InChI=1S/C22H13ClF3NS/c23-17-8-10-18(11-9-17)28-21-19(13-15-4-1-2-7-20(15)27-21)14-5-3-6-16(12-14)22(24,25)26/h1-13H. The molecule has 0 radical (unpaired) electrons. The number of rotatable bonds is 3. The van der Waals surface area contributed by atoms with Gasteiger partial charge in [0, 0.05) is 20.9 Å². The van der Waals surface area contributed by atoms with Gasteiger partial charge in [0.2, 0.25) is 0 Å². The van der Waals surface area contributed by atoms with Crippen LogP contribution in [0.3, 0.4) is 0 Å². The van der Waals surface area contributed by atoms with Crippen molar-refractivity contribution in [3.63, 3.8) is 0 Å². The highest BCUT2D eigenvalue weighted by atomic mass is 35.5. The van der Waals surface area contributed by atoms with Gasteiger partial charge in [-0.25, -0.2) is 4.98 Å². The van der Waals surface area contributed by atoms with Crippen molar-refractivity contribution in [1.29, 1.82) is 0 Å². The first-order valence-electron chi connectivity index (χ1n) is 8.41. The van der Waals surface area contributed by atoms with E-state index in [9.17, 15) is 13.2 Å². The largest absolute Gasteiger partial charge is 0.416 e. The van der Waals surface area contributed by atoms with Gasteiger partial charge in [-0.15, -0.1) is 0 Å². The van der Waals surface area contributed by atoms with Crippen LogP contribution in [0.5, 0.6) is 0 Å². The summed E-state index contributed by atoms with van der Waals surface area (Å²) in [6.07, 6.45) is -4.40. The highest BCUT2D eigenvalue weighted by Crippen LogP contribution is 2.39. The smallest absolute Gasteiger partial charge is 0.240 e. The fourth-order valence-corrected chi connectivity index (χ4v) is 3.91. The summed E-state index contributed by atoms with van der Waals surface area (Å²) >= 11 is 7.34. The van der Waals surface area contributed by atoms with Crippen LogP contribution in [0.1, 0.15) is 5.56 Å². The highest BCUT2D eigenvalue weighted by Gasteiger charge is 2.30. The molecule has 0 aliphatic rings. The van der Waals surface area contributed by atoms with E-state index in [1.54, 1.807) is 18.2 Å². The normalized spacial score (nSPS) is 11.7. The first-order valence-corrected chi connectivity index (χ1v) is 9.60. The zero-order valence-electron chi connectivity index (χ0n) is 14.4. The molecule has 0 aliphatic carbocycles. The topological polar surface area (TPSA) is 12.9 Å². The van der Waals surface area contributed by atoms with Gasteiger partial charge in [-0.2, -0.15) is 13.2 Å². The molecule has 6 heteroatoms. The molecule has 0 unspecified atom stereocenters. The van der Waals surface area contributed by atoms with Gasteiger partial charge in [0.25, 0.3) is 0 Å². The summed E-state index contributed by atoms with van der Waals surface area (Å²) < 4.78 is 39.6. The molecule has 1 heterocycles.